The van der Waals surface area contributed by atoms with Gasteiger partial charge in [0, 0.05) is 6.42 Å². The molecule has 0 radical (unpaired) electrons. The highest BCUT2D eigenvalue weighted by molar-refractivity contribution is 5.78. The number of aliphatic carboxylic acids is 1. The van der Waals surface area contributed by atoms with Crippen molar-refractivity contribution >= 4 is 5.97 Å². The van der Waals surface area contributed by atoms with Crippen molar-refractivity contribution in [2.45, 2.75) is 31.0 Å². The molecule has 0 aromatic heterocycles. The van der Waals surface area contributed by atoms with Crippen LogP contribution >= 0.6 is 0 Å². The standard InChI is InChI=1S/C12H13F3O3/c1-8(9-5-3-2-4-6-9)7-11(18,10(16)17)12(13,14)15/h2-6,8,18H,7H2,1H3,(H,16,17). The Morgan fingerprint density at radius 3 is 2.17 bits per heavy atom. The van der Waals surface area contributed by atoms with Crippen LogP contribution in [-0.4, -0.2) is 28.0 Å². The van der Waals surface area contributed by atoms with Gasteiger partial charge in [-0.05, 0) is 11.5 Å². The fourth-order valence-electron chi connectivity index (χ4n) is 1.67. The van der Waals surface area contributed by atoms with Gasteiger partial charge < -0.3 is 10.2 Å². The molecule has 3 nitrogen and oxygen atoms in total. The highest BCUT2D eigenvalue weighted by Crippen LogP contribution is 2.38. The summed E-state index contributed by atoms with van der Waals surface area (Å²) in [5.41, 5.74) is -3.18. The van der Waals surface area contributed by atoms with Gasteiger partial charge in [-0.25, -0.2) is 4.79 Å². The molecule has 0 fully saturated rings. The Labute approximate surface area is 102 Å². The average molecular weight is 262 g/mol. The lowest BCUT2D eigenvalue weighted by Gasteiger charge is -2.28. The molecule has 0 aliphatic heterocycles. The van der Waals surface area contributed by atoms with E-state index < -0.39 is 30.1 Å². The number of hydrogen-bond donors (Lipinski definition) is 2. The number of hydrogen-bond acceptors (Lipinski definition) is 2. The Hall–Kier alpha value is -1.56. The summed E-state index contributed by atoms with van der Waals surface area (Å²) < 4.78 is 37.8. The Morgan fingerprint density at radius 1 is 1.28 bits per heavy atom. The average Bonchev–Trinajstić information content (AvgIpc) is 2.28. The van der Waals surface area contributed by atoms with Crippen LogP contribution in [0, 0.1) is 0 Å². The van der Waals surface area contributed by atoms with E-state index in [4.69, 9.17) is 5.11 Å². The van der Waals surface area contributed by atoms with Gasteiger partial charge in [-0.1, -0.05) is 37.3 Å². The molecule has 1 aromatic carbocycles. The third-order valence-electron chi connectivity index (χ3n) is 2.79. The molecular weight excluding hydrogens is 249 g/mol. The third kappa shape index (κ3) is 2.81. The van der Waals surface area contributed by atoms with Gasteiger partial charge in [-0.2, -0.15) is 13.2 Å². The van der Waals surface area contributed by atoms with E-state index in [2.05, 4.69) is 0 Å². The largest absolute Gasteiger partial charge is 0.479 e. The van der Waals surface area contributed by atoms with Crippen LogP contribution in [0.3, 0.4) is 0 Å². The van der Waals surface area contributed by atoms with Crippen molar-refractivity contribution in [3.05, 3.63) is 35.9 Å². The van der Waals surface area contributed by atoms with E-state index in [0.29, 0.717) is 5.56 Å². The van der Waals surface area contributed by atoms with Gasteiger partial charge in [0.05, 0.1) is 0 Å². The molecule has 0 bridgehead atoms. The number of alkyl halides is 3. The number of carboxylic acid groups (broad SMARTS) is 1. The van der Waals surface area contributed by atoms with Gasteiger partial charge in [0.2, 0.25) is 0 Å². The van der Waals surface area contributed by atoms with Crippen LogP contribution in [0.25, 0.3) is 0 Å². The molecule has 0 aliphatic rings. The maximum Gasteiger partial charge on any atom is 0.428 e. The zero-order valence-electron chi connectivity index (χ0n) is 9.61. The first-order chi connectivity index (χ1) is 8.18. The van der Waals surface area contributed by atoms with E-state index in [-0.39, 0.29) is 0 Å². The monoisotopic (exact) mass is 262 g/mol. The van der Waals surface area contributed by atoms with E-state index in [1.54, 1.807) is 30.3 Å². The summed E-state index contributed by atoms with van der Waals surface area (Å²) in [6, 6.07) is 8.15. The van der Waals surface area contributed by atoms with Crippen molar-refractivity contribution < 1.29 is 28.2 Å². The first-order valence-corrected chi connectivity index (χ1v) is 5.26. The number of halogens is 3. The lowest BCUT2D eigenvalue weighted by molar-refractivity contribution is -0.263. The van der Waals surface area contributed by atoms with Gasteiger partial charge in [-0.15, -0.1) is 0 Å². The van der Waals surface area contributed by atoms with Crippen molar-refractivity contribution in [1.29, 1.82) is 0 Å². The number of carboxylic acids is 1. The van der Waals surface area contributed by atoms with Gasteiger partial charge in [0.1, 0.15) is 0 Å². The molecule has 0 saturated heterocycles. The Bertz CT molecular complexity index is 416. The predicted octanol–water partition coefficient (Wildman–Crippen LogP) is 2.56. The van der Waals surface area contributed by atoms with Crippen molar-refractivity contribution in [2.24, 2.45) is 0 Å². The first kappa shape index (κ1) is 14.5. The number of rotatable bonds is 4. The number of benzene rings is 1. The second kappa shape index (κ2) is 4.97. The normalized spacial score (nSPS) is 16.9. The molecule has 1 rings (SSSR count). The highest BCUT2D eigenvalue weighted by Gasteiger charge is 2.60. The third-order valence-corrected chi connectivity index (χ3v) is 2.79. The summed E-state index contributed by atoms with van der Waals surface area (Å²) in [4.78, 5) is 10.7. The number of carbonyl (C=O) groups is 1. The summed E-state index contributed by atoms with van der Waals surface area (Å²) in [6.07, 6.45) is -6.13. The van der Waals surface area contributed by atoms with Crippen LogP contribution in [0.4, 0.5) is 13.2 Å². The Balaban J connectivity index is 2.97. The summed E-state index contributed by atoms with van der Waals surface area (Å²) in [5, 5.41) is 17.9. The fourth-order valence-corrected chi connectivity index (χ4v) is 1.67. The van der Waals surface area contributed by atoms with E-state index in [0.717, 1.165) is 0 Å². The van der Waals surface area contributed by atoms with Gasteiger partial charge in [-0.3, -0.25) is 0 Å². The van der Waals surface area contributed by atoms with Crippen LogP contribution in [0.15, 0.2) is 30.3 Å². The highest BCUT2D eigenvalue weighted by atomic mass is 19.4. The van der Waals surface area contributed by atoms with Gasteiger partial charge in [0.15, 0.2) is 0 Å². The molecule has 0 aliphatic carbocycles. The molecule has 0 heterocycles. The fraction of sp³-hybridized carbons (Fsp3) is 0.417. The maximum atomic E-state index is 12.6. The molecule has 18 heavy (non-hydrogen) atoms. The number of aliphatic hydroxyl groups is 1. The smallest absolute Gasteiger partial charge is 0.428 e. The molecule has 2 atom stereocenters. The lowest BCUT2D eigenvalue weighted by Crippen LogP contribution is -2.52. The van der Waals surface area contributed by atoms with Crippen molar-refractivity contribution in [1.82, 2.24) is 0 Å². The summed E-state index contributed by atoms with van der Waals surface area (Å²) in [6.45, 7) is 1.44. The molecule has 0 spiro atoms. The van der Waals surface area contributed by atoms with Crippen molar-refractivity contribution in [3.63, 3.8) is 0 Å². The minimum Gasteiger partial charge on any atom is -0.479 e. The molecule has 0 saturated carbocycles. The Morgan fingerprint density at radius 2 is 1.78 bits per heavy atom. The van der Waals surface area contributed by atoms with Gasteiger partial charge in [0.25, 0.3) is 5.60 Å². The predicted molar refractivity (Wildman–Crippen MR) is 58.1 cm³/mol. The van der Waals surface area contributed by atoms with Gasteiger partial charge >= 0.3 is 12.1 Å². The van der Waals surface area contributed by atoms with Crippen molar-refractivity contribution in [3.8, 4) is 0 Å². The zero-order chi connectivity index (χ0) is 14.0. The SMILES string of the molecule is CC(CC(O)(C(=O)O)C(F)(F)F)c1ccccc1. The molecular formula is C12H13F3O3. The van der Waals surface area contributed by atoms with Crippen LogP contribution < -0.4 is 0 Å². The quantitative estimate of drug-likeness (QED) is 0.876. The summed E-state index contributed by atoms with van der Waals surface area (Å²) in [7, 11) is 0. The zero-order valence-corrected chi connectivity index (χ0v) is 9.61. The first-order valence-electron chi connectivity index (χ1n) is 5.26. The maximum absolute atomic E-state index is 12.6. The minimum atomic E-state index is -5.21. The summed E-state index contributed by atoms with van der Waals surface area (Å²) in [5.74, 6) is -3.01. The molecule has 100 valence electrons. The lowest BCUT2D eigenvalue weighted by atomic mass is 9.86. The van der Waals surface area contributed by atoms with E-state index in [1.165, 1.54) is 6.92 Å². The second-order valence-electron chi connectivity index (χ2n) is 4.18. The molecule has 1 aromatic rings. The van der Waals surface area contributed by atoms with E-state index in [1.807, 2.05) is 0 Å². The molecule has 6 heteroatoms. The van der Waals surface area contributed by atoms with E-state index in [9.17, 15) is 23.1 Å². The molecule has 0 amide bonds. The van der Waals surface area contributed by atoms with Crippen LogP contribution in [0.2, 0.25) is 0 Å². The summed E-state index contributed by atoms with van der Waals surface area (Å²) >= 11 is 0. The molecule has 2 unspecified atom stereocenters. The minimum absolute atomic E-state index is 0.543. The van der Waals surface area contributed by atoms with Crippen LogP contribution in [0.1, 0.15) is 24.8 Å². The van der Waals surface area contributed by atoms with Crippen LogP contribution in [-0.2, 0) is 4.79 Å². The topological polar surface area (TPSA) is 57.5 Å². The van der Waals surface area contributed by atoms with Crippen LogP contribution in [0.5, 0.6) is 0 Å². The van der Waals surface area contributed by atoms with E-state index >= 15 is 0 Å². The second-order valence-corrected chi connectivity index (χ2v) is 4.18. The molecule has 2 N–H and O–H groups in total. The van der Waals surface area contributed by atoms with Crippen molar-refractivity contribution in [2.75, 3.05) is 0 Å². The Kier molecular flexibility index (Phi) is 4.01.